The van der Waals surface area contributed by atoms with Gasteiger partial charge in [-0.25, -0.2) is 9.98 Å². The van der Waals surface area contributed by atoms with E-state index in [9.17, 15) is 0 Å². The minimum atomic E-state index is 0. The van der Waals surface area contributed by atoms with Crippen LogP contribution < -0.4 is 10.1 Å². The second-order valence-corrected chi connectivity index (χ2v) is 6.04. The smallest absolute Gasteiger partial charge is 0.218 e. The van der Waals surface area contributed by atoms with Crippen molar-refractivity contribution >= 4 is 29.9 Å². The van der Waals surface area contributed by atoms with E-state index in [1.165, 1.54) is 0 Å². The fraction of sp³-hybridized carbons (Fsp3) is 0.667. The summed E-state index contributed by atoms with van der Waals surface area (Å²) in [4.78, 5) is 11.4. The molecule has 7 nitrogen and oxygen atoms in total. The van der Waals surface area contributed by atoms with Gasteiger partial charge in [0.15, 0.2) is 5.96 Å². The number of aromatic nitrogens is 1. The van der Waals surface area contributed by atoms with Gasteiger partial charge < -0.3 is 24.4 Å². The molecule has 1 aliphatic heterocycles. The molecule has 148 valence electrons. The number of hydrogen-bond acceptors (Lipinski definition) is 5. The van der Waals surface area contributed by atoms with Crippen LogP contribution in [0.2, 0.25) is 0 Å². The Kier molecular flexibility index (Phi) is 11.5. The zero-order valence-corrected chi connectivity index (χ0v) is 18.3. The molecule has 26 heavy (non-hydrogen) atoms. The van der Waals surface area contributed by atoms with Crippen molar-refractivity contribution in [1.29, 1.82) is 0 Å². The SMILES string of the molecule is CCNC(=NCc1cccnc1OCCOC)N1CCC(COC)C1.I. The van der Waals surface area contributed by atoms with Crippen LogP contribution in [0.4, 0.5) is 0 Å². The molecule has 2 heterocycles. The zero-order valence-electron chi connectivity index (χ0n) is 15.9. The summed E-state index contributed by atoms with van der Waals surface area (Å²) < 4.78 is 16.0. The second kappa shape index (κ2) is 13.1. The van der Waals surface area contributed by atoms with Crippen LogP contribution in [-0.4, -0.2) is 69.5 Å². The molecule has 0 radical (unpaired) electrons. The standard InChI is InChI=1S/C18H30N4O3.HI/c1-4-19-18(22-9-7-15(13-22)14-24-3)21-12-16-6-5-8-20-17(16)25-11-10-23-2;/h5-6,8,15H,4,7,9-14H2,1-3H3,(H,19,21);1H. The van der Waals surface area contributed by atoms with Gasteiger partial charge in [-0.05, 0) is 19.4 Å². The summed E-state index contributed by atoms with van der Waals surface area (Å²) in [5.74, 6) is 2.13. The van der Waals surface area contributed by atoms with Gasteiger partial charge in [0.2, 0.25) is 5.88 Å². The molecule has 1 unspecified atom stereocenters. The average Bonchev–Trinajstić information content (AvgIpc) is 3.09. The Morgan fingerprint density at radius 3 is 2.92 bits per heavy atom. The third-order valence-electron chi connectivity index (χ3n) is 4.10. The van der Waals surface area contributed by atoms with Gasteiger partial charge in [-0.15, -0.1) is 24.0 Å². The molecule has 0 aliphatic carbocycles. The number of methoxy groups -OCH3 is 2. The van der Waals surface area contributed by atoms with E-state index in [0.29, 0.717) is 31.6 Å². The fourth-order valence-electron chi connectivity index (χ4n) is 2.88. The van der Waals surface area contributed by atoms with Crippen molar-refractivity contribution in [2.45, 2.75) is 19.9 Å². The average molecular weight is 478 g/mol. The van der Waals surface area contributed by atoms with Gasteiger partial charge in [-0.3, -0.25) is 0 Å². The van der Waals surface area contributed by atoms with Gasteiger partial charge in [0.25, 0.3) is 0 Å². The van der Waals surface area contributed by atoms with Gasteiger partial charge in [0.1, 0.15) is 6.61 Å². The maximum atomic E-state index is 5.69. The lowest BCUT2D eigenvalue weighted by atomic mass is 10.1. The summed E-state index contributed by atoms with van der Waals surface area (Å²) in [6.45, 7) is 7.26. The highest BCUT2D eigenvalue weighted by atomic mass is 127. The van der Waals surface area contributed by atoms with Crippen molar-refractivity contribution in [2.75, 3.05) is 53.7 Å². The molecule has 1 aromatic heterocycles. The number of likely N-dealkylation sites (tertiary alicyclic amines) is 1. The van der Waals surface area contributed by atoms with Crippen LogP contribution in [0, 0.1) is 5.92 Å². The molecule has 1 saturated heterocycles. The van der Waals surface area contributed by atoms with Crippen LogP contribution >= 0.6 is 24.0 Å². The van der Waals surface area contributed by atoms with Crippen LogP contribution in [-0.2, 0) is 16.0 Å². The van der Waals surface area contributed by atoms with E-state index in [4.69, 9.17) is 19.2 Å². The normalized spacial score (nSPS) is 17.1. The first kappa shape index (κ1) is 22.9. The lowest BCUT2D eigenvalue weighted by molar-refractivity contribution is 0.143. The van der Waals surface area contributed by atoms with Crippen molar-refractivity contribution in [2.24, 2.45) is 10.9 Å². The number of nitrogens with one attached hydrogen (secondary N) is 1. The third kappa shape index (κ3) is 7.24. The van der Waals surface area contributed by atoms with E-state index in [1.807, 2.05) is 12.1 Å². The van der Waals surface area contributed by atoms with Gasteiger partial charge in [0.05, 0.1) is 19.8 Å². The number of rotatable bonds is 9. The highest BCUT2D eigenvalue weighted by Crippen LogP contribution is 2.18. The molecule has 0 saturated carbocycles. The summed E-state index contributed by atoms with van der Waals surface area (Å²) in [5, 5.41) is 3.38. The van der Waals surface area contributed by atoms with E-state index >= 15 is 0 Å². The number of halogens is 1. The van der Waals surface area contributed by atoms with Crippen molar-refractivity contribution in [1.82, 2.24) is 15.2 Å². The van der Waals surface area contributed by atoms with Gasteiger partial charge in [-0.1, -0.05) is 6.07 Å². The Morgan fingerprint density at radius 2 is 2.19 bits per heavy atom. The quantitative estimate of drug-likeness (QED) is 0.254. The van der Waals surface area contributed by atoms with Crippen molar-refractivity contribution in [3.8, 4) is 5.88 Å². The molecule has 0 spiro atoms. The Hall–Kier alpha value is -1.13. The lowest BCUT2D eigenvalue weighted by Gasteiger charge is -2.21. The van der Waals surface area contributed by atoms with E-state index < -0.39 is 0 Å². The maximum Gasteiger partial charge on any atom is 0.218 e. The van der Waals surface area contributed by atoms with Crippen LogP contribution in [0.3, 0.4) is 0 Å². The molecular formula is C18H31IN4O3. The Labute approximate surface area is 173 Å². The van der Waals surface area contributed by atoms with Crippen LogP contribution in [0.25, 0.3) is 0 Å². The van der Waals surface area contributed by atoms with E-state index in [2.05, 4.69) is 22.1 Å². The predicted octanol–water partition coefficient (Wildman–Crippen LogP) is 2.16. The molecule has 8 heteroatoms. The molecule has 0 amide bonds. The summed E-state index contributed by atoms with van der Waals surface area (Å²) in [5.41, 5.74) is 0.974. The van der Waals surface area contributed by atoms with Crippen molar-refractivity contribution < 1.29 is 14.2 Å². The number of aliphatic imine (C=N–C) groups is 1. The first-order valence-electron chi connectivity index (χ1n) is 8.86. The molecule has 0 bridgehead atoms. The molecule has 2 rings (SSSR count). The fourth-order valence-corrected chi connectivity index (χ4v) is 2.88. The van der Waals surface area contributed by atoms with Gasteiger partial charge in [-0.2, -0.15) is 0 Å². The van der Waals surface area contributed by atoms with E-state index in [-0.39, 0.29) is 24.0 Å². The summed E-state index contributed by atoms with van der Waals surface area (Å²) in [6, 6.07) is 3.91. The summed E-state index contributed by atoms with van der Waals surface area (Å²) in [7, 11) is 3.41. The molecule has 1 fully saturated rings. The molecular weight excluding hydrogens is 447 g/mol. The second-order valence-electron chi connectivity index (χ2n) is 6.04. The number of pyridine rings is 1. The summed E-state index contributed by atoms with van der Waals surface area (Å²) >= 11 is 0. The number of guanidine groups is 1. The molecule has 1 N–H and O–H groups in total. The Morgan fingerprint density at radius 1 is 1.35 bits per heavy atom. The van der Waals surface area contributed by atoms with Crippen LogP contribution in [0.15, 0.2) is 23.3 Å². The molecule has 1 aromatic rings. The number of ether oxygens (including phenoxy) is 3. The molecule has 0 aromatic carbocycles. The number of nitrogens with zero attached hydrogens (tertiary/aromatic N) is 3. The first-order valence-corrected chi connectivity index (χ1v) is 8.86. The van der Waals surface area contributed by atoms with Crippen molar-refractivity contribution in [3.63, 3.8) is 0 Å². The lowest BCUT2D eigenvalue weighted by Crippen LogP contribution is -2.40. The maximum absolute atomic E-state index is 5.69. The zero-order chi connectivity index (χ0) is 17.9. The first-order chi connectivity index (χ1) is 12.3. The number of hydrogen-bond donors (Lipinski definition) is 1. The summed E-state index contributed by atoms with van der Waals surface area (Å²) in [6.07, 6.45) is 2.87. The van der Waals surface area contributed by atoms with Gasteiger partial charge in [0, 0.05) is 51.5 Å². The minimum absolute atomic E-state index is 0. The Bertz CT molecular complexity index is 545. The molecule has 1 aliphatic rings. The van der Waals surface area contributed by atoms with E-state index in [1.54, 1.807) is 20.4 Å². The van der Waals surface area contributed by atoms with Crippen molar-refractivity contribution in [3.05, 3.63) is 23.9 Å². The van der Waals surface area contributed by atoms with Crippen LogP contribution in [0.5, 0.6) is 5.88 Å². The largest absolute Gasteiger partial charge is 0.475 e. The van der Waals surface area contributed by atoms with E-state index in [0.717, 1.165) is 44.2 Å². The van der Waals surface area contributed by atoms with Gasteiger partial charge >= 0.3 is 0 Å². The monoisotopic (exact) mass is 478 g/mol. The minimum Gasteiger partial charge on any atom is -0.475 e. The molecule has 1 atom stereocenters. The predicted molar refractivity (Wildman–Crippen MR) is 113 cm³/mol. The Balaban J connectivity index is 0.00000338. The van der Waals surface area contributed by atoms with Crippen LogP contribution in [0.1, 0.15) is 18.9 Å². The highest BCUT2D eigenvalue weighted by molar-refractivity contribution is 14.0. The topological polar surface area (TPSA) is 68.2 Å². The highest BCUT2D eigenvalue weighted by Gasteiger charge is 2.24. The third-order valence-corrected chi connectivity index (χ3v) is 4.10.